The van der Waals surface area contributed by atoms with Crippen molar-refractivity contribution in [3.8, 4) is 0 Å². The topological polar surface area (TPSA) is 49.2 Å². The first-order chi connectivity index (χ1) is 6.16. The van der Waals surface area contributed by atoms with Crippen molar-refractivity contribution in [2.75, 3.05) is 18.0 Å². The average Bonchev–Trinajstić information content (AvgIpc) is 2.04. The Balaban J connectivity index is 2.24. The number of rotatable bonds is 1. The highest BCUT2D eigenvalue weighted by molar-refractivity contribution is 5.46. The fraction of sp³-hybridized carbons (Fsp3) is 0.556. The summed E-state index contributed by atoms with van der Waals surface area (Å²) >= 11 is 0. The van der Waals surface area contributed by atoms with Gasteiger partial charge in [0, 0.05) is 19.3 Å². The average molecular weight is 179 g/mol. The second-order valence-corrected chi connectivity index (χ2v) is 3.48. The third-order valence-corrected chi connectivity index (χ3v) is 2.21. The van der Waals surface area contributed by atoms with Crippen LogP contribution < -0.4 is 4.90 Å². The Morgan fingerprint density at radius 2 is 2.15 bits per heavy atom. The maximum atomic E-state index is 9.15. The van der Waals surface area contributed by atoms with Crippen molar-refractivity contribution in [2.24, 2.45) is 0 Å². The fourth-order valence-corrected chi connectivity index (χ4v) is 1.45. The molecule has 1 aromatic rings. The number of hydrogen-bond donors (Lipinski definition) is 1. The van der Waals surface area contributed by atoms with Gasteiger partial charge in [0.25, 0.3) is 0 Å². The van der Waals surface area contributed by atoms with E-state index in [9.17, 15) is 0 Å². The highest BCUT2D eigenvalue weighted by Gasteiger charge is 2.26. The summed E-state index contributed by atoms with van der Waals surface area (Å²) in [7, 11) is 0. The summed E-state index contributed by atoms with van der Waals surface area (Å²) in [4.78, 5) is 10.6. The molecule has 4 heteroatoms. The highest BCUT2D eigenvalue weighted by Crippen LogP contribution is 2.20. The Morgan fingerprint density at radius 3 is 2.77 bits per heavy atom. The van der Waals surface area contributed by atoms with Crippen molar-refractivity contribution in [2.45, 2.75) is 20.0 Å². The van der Waals surface area contributed by atoms with Crippen LogP contribution in [0.15, 0.2) is 6.20 Å². The first-order valence-corrected chi connectivity index (χ1v) is 4.40. The predicted molar refractivity (Wildman–Crippen MR) is 49.7 cm³/mol. The van der Waals surface area contributed by atoms with Crippen molar-refractivity contribution >= 4 is 5.82 Å². The number of aliphatic hydroxyl groups is 1. The van der Waals surface area contributed by atoms with Crippen LogP contribution >= 0.6 is 0 Å². The molecule has 1 aliphatic rings. The molecule has 1 fully saturated rings. The summed E-state index contributed by atoms with van der Waals surface area (Å²) in [6, 6.07) is 0. The van der Waals surface area contributed by atoms with E-state index in [-0.39, 0.29) is 6.10 Å². The van der Waals surface area contributed by atoms with Crippen molar-refractivity contribution in [1.82, 2.24) is 9.97 Å². The Bertz CT molecular complexity index is 321. The molecule has 0 amide bonds. The minimum absolute atomic E-state index is 0.193. The molecule has 0 atom stereocenters. The van der Waals surface area contributed by atoms with Crippen LogP contribution in [0.4, 0.5) is 5.82 Å². The van der Waals surface area contributed by atoms with Crippen LogP contribution in [0.1, 0.15) is 11.4 Å². The molecule has 0 unspecified atom stereocenters. The molecule has 0 saturated carbocycles. The van der Waals surface area contributed by atoms with Crippen LogP contribution in [0, 0.1) is 13.8 Å². The molecular weight excluding hydrogens is 166 g/mol. The minimum atomic E-state index is -0.193. The van der Waals surface area contributed by atoms with E-state index in [1.54, 1.807) is 6.20 Å². The molecule has 2 rings (SSSR count). The van der Waals surface area contributed by atoms with E-state index in [2.05, 4.69) is 9.97 Å². The molecule has 0 aliphatic carbocycles. The second-order valence-electron chi connectivity index (χ2n) is 3.48. The van der Waals surface area contributed by atoms with Gasteiger partial charge in [0.1, 0.15) is 0 Å². The van der Waals surface area contributed by atoms with Gasteiger partial charge in [-0.2, -0.15) is 0 Å². The van der Waals surface area contributed by atoms with Crippen molar-refractivity contribution in [1.29, 1.82) is 0 Å². The standard InChI is InChI=1S/C9H13N3O/c1-6-3-10-7(2)9(11-6)12-4-8(13)5-12/h3,8,13H,4-5H2,1-2H3. The molecule has 2 heterocycles. The fourth-order valence-electron chi connectivity index (χ4n) is 1.45. The van der Waals surface area contributed by atoms with Crippen LogP contribution in [0.2, 0.25) is 0 Å². The SMILES string of the molecule is Cc1cnc(C)c(N2CC(O)C2)n1. The summed E-state index contributed by atoms with van der Waals surface area (Å²) < 4.78 is 0. The van der Waals surface area contributed by atoms with Gasteiger partial charge in [0.05, 0.1) is 17.5 Å². The van der Waals surface area contributed by atoms with E-state index in [4.69, 9.17) is 5.11 Å². The lowest BCUT2D eigenvalue weighted by atomic mass is 10.1. The van der Waals surface area contributed by atoms with Gasteiger partial charge in [-0.05, 0) is 13.8 Å². The molecule has 0 aromatic carbocycles. The number of hydrogen-bond acceptors (Lipinski definition) is 4. The Hall–Kier alpha value is -1.16. The summed E-state index contributed by atoms with van der Waals surface area (Å²) in [6.07, 6.45) is 1.57. The number of anilines is 1. The van der Waals surface area contributed by atoms with Gasteiger partial charge in [-0.3, -0.25) is 4.98 Å². The van der Waals surface area contributed by atoms with Crippen molar-refractivity contribution in [3.05, 3.63) is 17.6 Å². The number of β-amino-alcohol motifs (C(OH)–C–C–N with tert-alkyl or cyclic N) is 1. The monoisotopic (exact) mass is 179 g/mol. The second kappa shape index (κ2) is 2.96. The van der Waals surface area contributed by atoms with Gasteiger partial charge in [-0.1, -0.05) is 0 Å². The Morgan fingerprint density at radius 1 is 1.46 bits per heavy atom. The first kappa shape index (κ1) is 8.44. The lowest BCUT2D eigenvalue weighted by Crippen LogP contribution is -2.51. The Kier molecular flexibility index (Phi) is 1.92. The summed E-state index contributed by atoms with van der Waals surface area (Å²) in [6.45, 7) is 5.22. The molecule has 1 aliphatic heterocycles. The molecule has 13 heavy (non-hydrogen) atoms. The summed E-state index contributed by atoms with van der Waals surface area (Å²) in [5, 5.41) is 9.15. The van der Waals surface area contributed by atoms with E-state index in [0.29, 0.717) is 13.1 Å². The molecule has 0 bridgehead atoms. The maximum Gasteiger partial charge on any atom is 0.150 e. The lowest BCUT2D eigenvalue weighted by Gasteiger charge is -2.37. The van der Waals surface area contributed by atoms with Gasteiger partial charge in [0.15, 0.2) is 5.82 Å². The summed E-state index contributed by atoms with van der Waals surface area (Å²) in [5.74, 6) is 0.908. The molecule has 1 aromatic heterocycles. The number of aryl methyl sites for hydroxylation is 2. The third-order valence-electron chi connectivity index (χ3n) is 2.21. The van der Waals surface area contributed by atoms with Crippen molar-refractivity contribution < 1.29 is 5.11 Å². The predicted octanol–water partition coefficient (Wildman–Crippen LogP) is 0.274. The third kappa shape index (κ3) is 1.49. The van der Waals surface area contributed by atoms with E-state index >= 15 is 0 Å². The van der Waals surface area contributed by atoms with Gasteiger partial charge in [-0.25, -0.2) is 4.98 Å². The van der Waals surface area contributed by atoms with E-state index < -0.39 is 0 Å². The molecule has 0 radical (unpaired) electrons. The van der Waals surface area contributed by atoms with E-state index in [1.807, 2.05) is 18.7 Å². The van der Waals surface area contributed by atoms with Crippen LogP contribution in [-0.2, 0) is 0 Å². The maximum absolute atomic E-state index is 9.15. The number of aliphatic hydroxyl groups excluding tert-OH is 1. The summed E-state index contributed by atoms with van der Waals surface area (Å²) in [5.41, 5.74) is 1.85. The van der Waals surface area contributed by atoms with Crippen molar-refractivity contribution in [3.63, 3.8) is 0 Å². The first-order valence-electron chi connectivity index (χ1n) is 4.40. The van der Waals surface area contributed by atoms with Gasteiger partial charge in [0.2, 0.25) is 0 Å². The van der Waals surface area contributed by atoms with Crippen LogP contribution in [-0.4, -0.2) is 34.3 Å². The zero-order chi connectivity index (χ0) is 9.42. The van der Waals surface area contributed by atoms with E-state index in [0.717, 1.165) is 17.2 Å². The zero-order valence-electron chi connectivity index (χ0n) is 7.86. The Labute approximate surface area is 77.2 Å². The highest BCUT2D eigenvalue weighted by atomic mass is 16.3. The normalized spacial score (nSPS) is 17.3. The molecule has 4 nitrogen and oxygen atoms in total. The van der Waals surface area contributed by atoms with Gasteiger partial charge in [-0.15, -0.1) is 0 Å². The lowest BCUT2D eigenvalue weighted by molar-refractivity contribution is 0.141. The number of nitrogens with zero attached hydrogens (tertiary/aromatic N) is 3. The molecule has 70 valence electrons. The van der Waals surface area contributed by atoms with Crippen LogP contribution in [0.5, 0.6) is 0 Å². The molecule has 0 spiro atoms. The molecular formula is C9H13N3O. The van der Waals surface area contributed by atoms with E-state index in [1.165, 1.54) is 0 Å². The van der Waals surface area contributed by atoms with Gasteiger partial charge >= 0.3 is 0 Å². The van der Waals surface area contributed by atoms with Crippen LogP contribution in [0.25, 0.3) is 0 Å². The zero-order valence-corrected chi connectivity index (χ0v) is 7.86. The largest absolute Gasteiger partial charge is 0.389 e. The quantitative estimate of drug-likeness (QED) is 0.672. The smallest absolute Gasteiger partial charge is 0.150 e. The molecule has 1 N–H and O–H groups in total. The van der Waals surface area contributed by atoms with Gasteiger partial charge < -0.3 is 10.0 Å². The number of aromatic nitrogens is 2. The molecule has 1 saturated heterocycles. The minimum Gasteiger partial charge on any atom is -0.389 e. The van der Waals surface area contributed by atoms with Crippen LogP contribution in [0.3, 0.4) is 0 Å².